The van der Waals surface area contributed by atoms with Crippen molar-refractivity contribution in [3.05, 3.63) is 30.0 Å². The molecule has 0 spiro atoms. The number of carbonyl (C=O) groups excluding carboxylic acids is 1. The normalized spacial score (nSPS) is 23.8. The van der Waals surface area contributed by atoms with E-state index in [4.69, 9.17) is 0 Å². The number of carbonyl (C=O) groups is 1. The average molecular weight is 259 g/mol. The topological polar surface area (TPSA) is 69.2 Å². The van der Waals surface area contributed by atoms with E-state index in [-0.39, 0.29) is 11.8 Å². The minimum atomic E-state index is -0.442. The first-order valence-electron chi connectivity index (χ1n) is 6.57. The molecule has 1 aromatic heterocycles. The summed E-state index contributed by atoms with van der Waals surface area (Å²) in [5.74, 6) is 0.142. The molecule has 1 aromatic carbocycles. The molecule has 1 saturated heterocycles. The Morgan fingerprint density at radius 1 is 1.47 bits per heavy atom. The first-order chi connectivity index (χ1) is 9.16. The molecule has 1 aliphatic heterocycles. The molecular weight excluding hydrogens is 242 g/mol. The van der Waals surface area contributed by atoms with E-state index in [0.717, 1.165) is 17.3 Å². The third-order valence-corrected chi connectivity index (χ3v) is 3.88. The number of aliphatic hydroxyl groups is 1. The van der Waals surface area contributed by atoms with Gasteiger partial charge in [-0.15, -0.1) is 0 Å². The maximum Gasteiger partial charge on any atom is 0.275 e. The highest BCUT2D eigenvalue weighted by Crippen LogP contribution is 2.21. The summed E-state index contributed by atoms with van der Waals surface area (Å²) in [5, 5.41) is 17.7. The van der Waals surface area contributed by atoms with Crippen molar-refractivity contribution >= 4 is 16.8 Å². The molecule has 0 bridgehead atoms. The first kappa shape index (κ1) is 12.2. The van der Waals surface area contributed by atoms with E-state index >= 15 is 0 Å². The standard InChI is InChI=1S/C14H17N3O2/c1-9-6-7-17(8-12(9)18)14(19)13-10-4-2-3-5-11(10)15-16-13/h2-5,9,12,18H,6-8H2,1H3,(H,15,16). The number of H-pyrrole nitrogens is 1. The maximum absolute atomic E-state index is 12.5. The van der Waals surface area contributed by atoms with Crippen LogP contribution in [0.4, 0.5) is 0 Å². The highest BCUT2D eigenvalue weighted by molar-refractivity contribution is 6.04. The number of para-hydroxylation sites is 1. The Balaban J connectivity index is 1.88. The highest BCUT2D eigenvalue weighted by atomic mass is 16.3. The van der Waals surface area contributed by atoms with Gasteiger partial charge in [0.25, 0.3) is 5.91 Å². The van der Waals surface area contributed by atoms with Crippen LogP contribution in [0.25, 0.3) is 10.9 Å². The number of aliphatic hydroxyl groups excluding tert-OH is 1. The molecule has 3 rings (SSSR count). The lowest BCUT2D eigenvalue weighted by atomic mass is 9.96. The summed E-state index contributed by atoms with van der Waals surface area (Å²) in [6.07, 6.45) is 0.387. The second-order valence-corrected chi connectivity index (χ2v) is 5.20. The number of rotatable bonds is 1. The van der Waals surface area contributed by atoms with Crippen molar-refractivity contribution < 1.29 is 9.90 Å². The third kappa shape index (κ3) is 2.10. The number of benzene rings is 1. The molecule has 19 heavy (non-hydrogen) atoms. The van der Waals surface area contributed by atoms with Crippen molar-refractivity contribution in [2.24, 2.45) is 5.92 Å². The summed E-state index contributed by atoms with van der Waals surface area (Å²) in [5.41, 5.74) is 1.30. The molecule has 0 saturated carbocycles. The van der Waals surface area contributed by atoms with Gasteiger partial charge in [0.05, 0.1) is 11.6 Å². The van der Waals surface area contributed by atoms with Gasteiger partial charge in [-0.2, -0.15) is 5.10 Å². The molecular formula is C14H17N3O2. The van der Waals surface area contributed by atoms with Gasteiger partial charge in [0.15, 0.2) is 5.69 Å². The van der Waals surface area contributed by atoms with Crippen LogP contribution >= 0.6 is 0 Å². The minimum Gasteiger partial charge on any atom is -0.391 e. The number of fused-ring (bicyclic) bond motifs is 1. The molecule has 1 amide bonds. The molecule has 2 N–H and O–H groups in total. The van der Waals surface area contributed by atoms with Gasteiger partial charge in [-0.1, -0.05) is 25.1 Å². The average Bonchev–Trinajstić information content (AvgIpc) is 2.85. The van der Waals surface area contributed by atoms with Crippen LogP contribution < -0.4 is 0 Å². The Labute approximate surface area is 111 Å². The number of piperidine rings is 1. The Kier molecular flexibility index (Phi) is 2.98. The van der Waals surface area contributed by atoms with Crippen LogP contribution in [-0.2, 0) is 0 Å². The minimum absolute atomic E-state index is 0.108. The van der Waals surface area contributed by atoms with Gasteiger partial charge in [-0.25, -0.2) is 0 Å². The first-order valence-corrected chi connectivity index (χ1v) is 6.57. The van der Waals surface area contributed by atoms with E-state index in [2.05, 4.69) is 10.2 Å². The predicted octanol–water partition coefficient (Wildman–Crippen LogP) is 1.41. The number of nitrogens with one attached hydrogen (secondary N) is 1. The molecule has 5 heteroatoms. The summed E-state index contributed by atoms with van der Waals surface area (Å²) in [6, 6.07) is 7.57. The second-order valence-electron chi connectivity index (χ2n) is 5.20. The van der Waals surface area contributed by atoms with Crippen LogP contribution in [0.2, 0.25) is 0 Å². The van der Waals surface area contributed by atoms with Crippen molar-refractivity contribution in [1.82, 2.24) is 15.1 Å². The molecule has 1 aliphatic rings. The number of β-amino-alcohol motifs (C(OH)–C–C–N with tert-alkyl or cyclic N) is 1. The van der Waals surface area contributed by atoms with Crippen LogP contribution in [0.3, 0.4) is 0 Å². The fourth-order valence-electron chi connectivity index (χ4n) is 2.51. The van der Waals surface area contributed by atoms with Crippen LogP contribution in [0.1, 0.15) is 23.8 Å². The molecule has 1 fully saturated rings. The molecule has 5 nitrogen and oxygen atoms in total. The number of nitrogens with zero attached hydrogens (tertiary/aromatic N) is 2. The summed E-state index contributed by atoms with van der Waals surface area (Å²) in [7, 11) is 0. The van der Waals surface area contributed by atoms with Gasteiger partial charge in [0.2, 0.25) is 0 Å². The monoisotopic (exact) mass is 259 g/mol. The summed E-state index contributed by atoms with van der Waals surface area (Å²) < 4.78 is 0. The predicted molar refractivity (Wildman–Crippen MR) is 71.8 cm³/mol. The molecule has 2 aromatic rings. The van der Waals surface area contributed by atoms with E-state index in [1.807, 2.05) is 31.2 Å². The van der Waals surface area contributed by atoms with E-state index in [1.165, 1.54) is 0 Å². The third-order valence-electron chi connectivity index (χ3n) is 3.88. The van der Waals surface area contributed by atoms with E-state index in [9.17, 15) is 9.90 Å². The molecule has 2 heterocycles. The highest BCUT2D eigenvalue weighted by Gasteiger charge is 2.29. The van der Waals surface area contributed by atoms with Gasteiger partial charge in [-0.05, 0) is 18.4 Å². The number of aromatic nitrogens is 2. The largest absolute Gasteiger partial charge is 0.391 e. The van der Waals surface area contributed by atoms with Crippen molar-refractivity contribution in [1.29, 1.82) is 0 Å². The summed E-state index contributed by atoms with van der Waals surface area (Å²) >= 11 is 0. The lowest BCUT2D eigenvalue weighted by molar-refractivity contribution is 0.0246. The maximum atomic E-state index is 12.5. The quantitative estimate of drug-likeness (QED) is 0.813. The fraction of sp³-hybridized carbons (Fsp3) is 0.429. The van der Waals surface area contributed by atoms with E-state index in [1.54, 1.807) is 4.90 Å². The number of likely N-dealkylation sites (tertiary alicyclic amines) is 1. The lowest BCUT2D eigenvalue weighted by Crippen LogP contribution is -2.46. The number of hydrogen-bond donors (Lipinski definition) is 2. The van der Waals surface area contributed by atoms with Gasteiger partial charge < -0.3 is 10.0 Å². The van der Waals surface area contributed by atoms with Crippen molar-refractivity contribution in [2.45, 2.75) is 19.4 Å². The Hall–Kier alpha value is -1.88. The summed E-state index contributed by atoms with van der Waals surface area (Å²) in [4.78, 5) is 14.1. The smallest absolute Gasteiger partial charge is 0.275 e. The van der Waals surface area contributed by atoms with Crippen molar-refractivity contribution in [2.75, 3.05) is 13.1 Å². The lowest BCUT2D eigenvalue weighted by Gasteiger charge is -2.33. The molecule has 2 atom stereocenters. The number of amides is 1. The number of aromatic amines is 1. The van der Waals surface area contributed by atoms with Gasteiger partial charge in [-0.3, -0.25) is 9.89 Å². The van der Waals surface area contributed by atoms with E-state index in [0.29, 0.717) is 18.8 Å². The van der Waals surface area contributed by atoms with Gasteiger partial charge in [0.1, 0.15) is 0 Å². The second kappa shape index (κ2) is 4.66. The van der Waals surface area contributed by atoms with Crippen molar-refractivity contribution in [3.8, 4) is 0 Å². The van der Waals surface area contributed by atoms with Crippen LogP contribution in [0.15, 0.2) is 24.3 Å². The Morgan fingerprint density at radius 2 is 2.26 bits per heavy atom. The van der Waals surface area contributed by atoms with Gasteiger partial charge in [0, 0.05) is 18.5 Å². The van der Waals surface area contributed by atoms with Crippen LogP contribution in [0.5, 0.6) is 0 Å². The van der Waals surface area contributed by atoms with Gasteiger partial charge >= 0.3 is 0 Å². The van der Waals surface area contributed by atoms with Crippen molar-refractivity contribution in [3.63, 3.8) is 0 Å². The van der Waals surface area contributed by atoms with E-state index < -0.39 is 6.10 Å². The molecule has 0 radical (unpaired) electrons. The zero-order valence-corrected chi connectivity index (χ0v) is 10.8. The molecule has 2 unspecified atom stereocenters. The van der Waals surface area contributed by atoms with Crippen LogP contribution in [0, 0.1) is 5.92 Å². The zero-order valence-electron chi connectivity index (χ0n) is 10.8. The summed E-state index contributed by atoms with van der Waals surface area (Å²) in [6.45, 7) is 3.08. The number of hydrogen-bond acceptors (Lipinski definition) is 3. The fourth-order valence-corrected chi connectivity index (χ4v) is 2.51. The zero-order chi connectivity index (χ0) is 13.4. The Morgan fingerprint density at radius 3 is 3.05 bits per heavy atom. The SMILES string of the molecule is CC1CCN(C(=O)c2n[nH]c3ccccc23)CC1O. The molecule has 100 valence electrons. The Bertz CT molecular complexity index is 608. The molecule has 0 aliphatic carbocycles. The van der Waals surface area contributed by atoms with Crippen LogP contribution in [-0.4, -0.2) is 45.3 Å².